The summed E-state index contributed by atoms with van der Waals surface area (Å²) in [6.45, 7) is 3.28. The number of carbonyl (C=O) groups excluding carboxylic acids is 3. The first kappa shape index (κ1) is 19.9. The highest BCUT2D eigenvalue weighted by Crippen LogP contribution is 2.49. The lowest BCUT2D eigenvalue weighted by atomic mass is 9.96. The van der Waals surface area contributed by atoms with Crippen molar-refractivity contribution in [3.63, 3.8) is 0 Å². The Morgan fingerprint density at radius 3 is 2.39 bits per heavy atom. The molecule has 3 rings (SSSR count). The minimum absolute atomic E-state index is 0.472. The van der Waals surface area contributed by atoms with Gasteiger partial charge in [0.1, 0.15) is 0 Å². The SMILES string of the molecule is Cc1cccc(NC(=O)NC(=O)COC(=O)C2(c3ccc(Cl)cc3)CC2)c1C. The lowest BCUT2D eigenvalue weighted by Gasteiger charge is -2.15. The van der Waals surface area contributed by atoms with Crippen molar-refractivity contribution >= 4 is 35.2 Å². The first-order chi connectivity index (χ1) is 13.3. The van der Waals surface area contributed by atoms with E-state index in [-0.39, 0.29) is 0 Å². The molecular weight excluding hydrogens is 380 g/mol. The van der Waals surface area contributed by atoms with Crippen molar-refractivity contribution in [2.45, 2.75) is 32.1 Å². The maximum absolute atomic E-state index is 12.4. The molecule has 0 bridgehead atoms. The molecule has 2 aromatic rings. The van der Waals surface area contributed by atoms with Crippen LogP contribution in [0.15, 0.2) is 42.5 Å². The number of urea groups is 1. The summed E-state index contributed by atoms with van der Waals surface area (Å²) in [5.74, 6) is -1.16. The first-order valence-corrected chi connectivity index (χ1v) is 9.30. The Kier molecular flexibility index (Phi) is 5.70. The van der Waals surface area contributed by atoms with Crippen LogP contribution in [0.2, 0.25) is 5.02 Å². The van der Waals surface area contributed by atoms with Gasteiger partial charge >= 0.3 is 12.0 Å². The number of rotatable bonds is 5. The molecule has 0 saturated heterocycles. The predicted octanol–water partition coefficient (Wildman–Crippen LogP) is 3.88. The highest BCUT2D eigenvalue weighted by molar-refractivity contribution is 6.30. The lowest BCUT2D eigenvalue weighted by molar-refractivity contribution is -0.150. The second-order valence-electron chi connectivity index (χ2n) is 6.91. The third-order valence-corrected chi connectivity index (χ3v) is 5.23. The summed E-state index contributed by atoms with van der Waals surface area (Å²) in [5.41, 5.74) is 2.65. The van der Waals surface area contributed by atoms with Gasteiger partial charge in [0.05, 0.1) is 5.41 Å². The Labute approximate surface area is 168 Å². The fraction of sp³-hybridized carbons (Fsp3) is 0.286. The van der Waals surface area contributed by atoms with Gasteiger partial charge in [-0.05, 0) is 61.6 Å². The van der Waals surface area contributed by atoms with Crippen LogP contribution in [0.4, 0.5) is 10.5 Å². The molecule has 0 atom stereocenters. The van der Waals surface area contributed by atoms with Gasteiger partial charge < -0.3 is 10.1 Å². The Bertz CT molecular complexity index is 921. The molecule has 6 nitrogen and oxygen atoms in total. The summed E-state index contributed by atoms with van der Waals surface area (Å²) in [7, 11) is 0. The summed E-state index contributed by atoms with van der Waals surface area (Å²) in [5, 5.41) is 5.37. The van der Waals surface area contributed by atoms with Gasteiger partial charge in [-0.3, -0.25) is 14.9 Å². The summed E-state index contributed by atoms with van der Waals surface area (Å²) < 4.78 is 5.15. The number of hydrogen-bond acceptors (Lipinski definition) is 4. The summed E-state index contributed by atoms with van der Waals surface area (Å²) in [6, 6.07) is 11.8. The molecule has 146 valence electrons. The van der Waals surface area contributed by atoms with Gasteiger partial charge in [-0.1, -0.05) is 35.9 Å². The number of carbonyl (C=O) groups is 3. The van der Waals surface area contributed by atoms with Gasteiger partial charge in [0.25, 0.3) is 5.91 Å². The number of halogens is 1. The van der Waals surface area contributed by atoms with Crippen LogP contribution in [0.5, 0.6) is 0 Å². The lowest BCUT2D eigenvalue weighted by Crippen LogP contribution is -2.38. The van der Waals surface area contributed by atoms with Gasteiger partial charge in [-0.15, -0.1) is 0 Å². The molecule has 2 aromatic carbocycles. The zero-order chi connectivity index (χ0) is 20.3. The van der Waals surface area contributed by atoms with Crippen LogP contribution in [0.3, 0.4) is 0 Å². The molecule has 0 radical (unpaired) electrons. The molecule has 3 amide bonds. The molecule has 1 aliphatic carbocycles. The zero-order valence-corrected chi connectivity index (χ0v) is 16.4. The summed E-state index contributed by atoms with van der Waals surface area (Å²) in [4.78, 5) is 36.4. The van der Waals surface area contributed by atoms with Crippen molar-refractivity contribution in [2.75, 3.05) is 11.9 Å². The van der Waals surface area contributed by atoms with E-state index < -0.39 is 29.9 Å². The zero-order valence-electron chi connectivity index (χ0n) is 15.7. The minimum Gasteiger partial charge on any atom is -0.455 e. The number of nitrogens with one attached hydrogen (secondary N) is 2. The van der Waals surface area contributed by atoms with Crippen LogP contribution in [-0.2, 0) is 19.7 Å². The van der Waals surface area contributed by atoms with Gasteiger partial charge in [-0.2, -0.15) is 0 Å². The van der Waals surface area contributed by atoms with E-state index in [2.05, 4.69) is 10.6 Å². The van der Waals surface area contributed by atoms with Crippen molar-refractivity contribution in [3.05, 3.63) is 64.2 Å². The van der Waals surface area contributed by atoms with Crippen LogP contribution in [0.1, 0.15) is 29.5 Å². The molecule has 0 aliphatic heterocycles. The molecular formula is C21H21ClN2O4. The maximum atomic E-state index is 12.4. The second kappa shape index (κ2) is 8.02. The normalized spacial score (nSPS) is 14.1. The number of hydrogen-bond donors (Lipinski definition) is 2. The van der Waals surface area contributed by atoms with Crippen molar-refractivity contribution in [1.82, 2.24) is 5.32 Å². The largest absolute Gasteiger partial charge is 0.455 e. The van der Waals surface area contributed by atoms with Crippen molar-refractivity contribution in [3.8, 4) is 0 Å². The highest BCUT2D eigenvalue weighted by atomic mass is 35.5. The predicted molar refractivity (Wildman–Crippen MR) is 106 cm³/mol. The summed E-state index contributed by atoms with van der Waals surface area (Å²) >= 11 is 5.88. The second-order valence-corrected chi connectivity index (χ2v) is 7.35. The van der Waals surface area contributed by atoms with E-state index >= 15 is 0 Å². The van der Waals surface area contributed by atoms with Crippen molar-refractivity contribution in [1.29, 1.82) is 0 Å². The molecule has 28 heavy (non-hydrogen) atoms. The molecule has 7 heteroatoms. The van der Waals surface area contributed by atoms with E-state index in [1.165, 1.54) is 0 Å². The van der Waals surface area contributed by atoms with Crippen LogP contribution >= 0.6 is 11.6 Å². The molecule has 0 unspecified atom stereocenters. The molecule has 1 fully saturated rings. The van der Waals surface area contributed by atoms with Crippen LogP contribution in [-0.4, -0.2) is 24.5 Å². The number of benzene rings is 2. The van der Waals surface area contributed by atoms with E-state index in [1.54, 1.807) is 30.3 Å². The number of ether oxygens (including phenoxy) is 1. The topological polar surface area (TPSA) is 84.5 Å². The number of esters is 1. The number of amides is 3. The molecule has 2 N–H and O–H groups in total. The maximum Gasteiger partial charge on any atom is 0.325 e. The van der Waals surface area contributed by atoms with Crippen LogP contribution in [0.25, 0.3) is 0 Å². The molecule has 1 saturated carbocycles. The molecule has 0 heterocycles. The minimum atomic E-state index is -0.716. The average molecular weight is 401 g/mol. The Morgan fingerprint density at radius 2 is 1.75 bits per heavy atom. The third-order valence-electron chi connectivity index (χ3n) is 4.98. The van der Waals surface area contributed by atoms with Crippen LogP contribution < -0.4 is 10.6 Å². The van der Waals surface area contributed by atoms with E-state index in [4.69, 9.17) is 16.3 Å². The average Bonchev–Trinajstić information content (AvgIpc) is 3.46. The number of anilines is 1. The standard InChI is InChI=1S/C21H21ClN2O4/c1-13-4-3-5-17(14(13)2)23-20(27)24-18(25)12-28-19(26)21(10-11-21)15-6-8-16(22)9-7-15/h3-9H,10-12H2,1-2H3,(H2,23,24,25,27). The van der Waals surface area contributed by atoms with E-state index in [1.807, 2.05) is 26.0 Å². The fourth-order valence-corrected chi connectivity index (χ4v) is 3.10. The van der Waals surface area contributed by atoms with E-state index in [9.17, 15) is 14.4 Å². The Morgan fingerprint density at radius 1 is 1.07 bits per heavy atom. The van der Waals surface area contributed by atoms with Gasteiger partial charge in [0.15, 0.2) is 6.61 Å². The van der Waals surface area contributed by atoms with Crippen molar-refractivity contribution < 1.29 is 19.1 Å². The molecule has 1 aliphatic rings. The van der Waals surface area contributed by atoms with Gasteiger partial charge in [0.2, 0.25) is 0 Å². The van der Waals surface area contributed by atoms with E-state index in [0.29, 0.717) is 23.6 Å². The monoisotopic (exact) mass is 400 g/mol. The van der Waals surface area contributed by atoms with Crippen LogP contribution in [0, 0.1) is 13.8 Å². The van der Waals surface area contributed by atoms with E-state index in [0.717, 1.165) is 16.7 Å². The Balaban J connectivity index is 1.51. The molecule has 0 spiro atoms. The third kappa shape index (κ3) is 4.34. The van der Waals surface area contributed by atoms with Crippen molar-refractivity contribution in [2.24, 2.45) is 0 Å². The van der Waals surface area contributed by atoms with Gasteiger partial charge in [-0.25, -0.2) is 4.79 Å². The highest BCUT2D eigenvalue weighted by Gasteiger charge is 2.52. The Hall–Kier alpha value is -2.86. The molecule has 0 aromatic heterocycles. The fourth-order valence-electron chi connectivity index (χ4n) is 2.98. The summed E-state index contributed by atoms with van der Waals surface area (Å²) in [6.07, 6.45) is 1.31. The van der Waals surface area contributed by atoms with Gasteiger partial charge in [0, 0.05) is 10.7 Å². The smallest absolute Gasteiger partial charge is 0.325 e. The quantitative estimate of drug-likeness (QED) is 0.746. The first-order valence-electron chi connectivity index (χ1n) is 8.92. The number of imide groups is 1. The number of aryl methyl sites for hydroxylation is 1.